The van der Waals surface area contributed by atoms with Crippen LogP contribution in [0.5, 0.6) is 11.5 Å². The normalized spacial score (nSPS) is 11.3. The van der Waals surface area contributed by atoms with Gasteiger partial charge in [-0.25, -0.2) is 0 Å². The second-order valence-corrected chi connectivity index (χ2v) is 7.36. The quantitative estimate of drug-likeness (QED) is 0.283. The van der Waals surface area contributed by atoms with E-state index < -0.39 is 27.4 Å². The molecule has 0 aliphatic heterocycles. The van der Waals surface area contributed by atoms with Crippen molar-refractivity contribution < 1.29 is 33.6 Å². The van der Waals surface area contributed by atoms with Crippen molar-refractivity contribution in [3.8, 4) is 11.5 Å². The van der Waals surface area contributed by atoms with Gasteiger partial charge in [0.1, 0.15) is 12.1 Å². The summed E-state index contributed by atoms with van der Waals surface area (Å²) in [5.74, 6) is -1.51. The summed E-state index contributed by atoms with van der Waals surface area (Å²) in [6.07, 6.45) is 0. The second-order valence-electron chi connectivity index (χ2n) is 6.35. The van der Waals surface area contributed by atoms with Crippen molar-refractivity contribution >= 4 is 44.8 Å². The van der Waals surface area contributed by atoms with E-state index in [0.29, 0.717) is 10.2 Å². The molecule has 1 heterocycles. The lowest BCUT2D eigenvalue weighted by Crippen LogP contribution is -2.22. The summed E-state index contributed by atoms with van der Waals surface area (Å²) < 4.78 is 16.5. The molecule has 3 rings (SSSR count). The Morgan fingerprint density at radius 1 is 1.03 bits per heavy atom. The van der Waals surface area contributed by atoms with Gasteiger partial charge in [0.2, 0.25) is 0 Å². The number of carbonyl (C=O) groups excluding carboxylic acids is 2. The van der Waals surface area contributed by atoms with Crippen molar-refractivity contribution in [1.29, 1.82) is 0 Å². The van der Waals surface area contributed by atoms with Gasteiger partial charge in [-0.15, -0.1) is 0 Å². The third kappa shape index (κ3) is 4.64. The van der Waals surface area contributed by atoms with E-state index in [-0.39, 0.29) is 34.1 Å². The molecule has 33 heavy (non-hydrogen) atoms. The number of rotatable bonds is 7. The highest BCUT2D eigenvalue weighted by molar-refractivity contribution is 7.16. The molecule has 172 valence electrons. The fraction of sp³-hybridized carbons (Fsp3) is 0.211. The van der Waals surface area contributed by atoms with Crippen LogP contribution in [0.15, 0.2) is 35.3 Å². The Morgan fingerprint density at radius 3 is 2.27 bits per heavy atom. The number of fused-ring (bicyclic) bond motifs is 1. The van der Waals surface area contributed by atoms with Crippen LogP contribution in [-0.2, 0) is 16.1 Å². The van der Waals surface area contributed by atoms with E-state index >= 15 is 0 Å². The molecule has 13 nitrogen and oxygen atoms in total. The number of nitrogens with zero attached hydrogens (tertiary/aromatic N) is 4. The summed E-state index contributed by atoms with van der Waals surface area (Å²) in [4.78, 5) is 50.1. The number of aromatic nitrogens is 1. The molecule has 0 atom stereocenters. The predicted molar refractivity (Wildman–Crippen MR) is 115 cm³/mol. The maximum Gasteiger partial charge on any atom is 0.325 e. The van der Waals surface area contributed by atoms with Gasteiger partial charge < -0.3 is 18.8 Å². The number of methoxy groups -OCH3 is 3. The minimum absolute atomic E-state index is 0.00928. The number of benzene rings is 2. The zero-order valence-electron chi connectivity index (χ0n) is 17.5. The number of esters is 1. The van der Waals surface area contributed by atoms with Gasteiger partial charge in [-0.2, -0.15) is 4.99 Å². The molecule has 14 heteroatoms. The lowest BCUT2D eigenvalue weighted by molar-refractivity contribution is -0.385. The lowest BCUT2D eigenvalue weighted by atomic mass is 10.1. The highest BCUT2D eigenvalue weighted by Gasteiger charge is 2.25. The number of thiazole rings is 1. The van der Waals surface area contributed by atoms with Crippen molar-refractivity contribution in [1.82, 2.24) is 4.57 Å². The van der Waals surface area contributed by atoms with Crippen LogP contribution in [0.25, 0.3) is 10.2 Å². The smallest absolute Gasteiger partial charge is 0.325 e. The Hall–Kier alpha value is -4.33. The molecule has 0 fully saturated rings. The van der Waals surface area contributed by atoms with E-state index in [9.17, 15) is 29.8 Å². The van der Waals surface area contributed by atoms with E-state index in [1.807, 2.05) is 0 Å². The third-order valence-corrected chi connectivity index (χ3v) is 5.56. The van der Waals surface area contributed by atoms with E-state index in [1.54, 1.807) is 0 Å². The fourth-order valence-electron chi connectivity index (χ4n) is 2.94. The summed E-state index contributed by atoms with van der Waals surface area (Å²) in [7, 11) is 3.77. The molecule has 0 saturated carbocycles. The van der Waals surface area contributed by atoms with Gasteiger partial charge in [-0.05, 0) is 6.07 Å². The number of nitro benzene ring substituents is 2. The third-order valence-electron chi connectivity index (χ3n) is 4.52. The summed E-state index contributed by atoms with van der Waals surface area (Å²) >= 11 is 0.900. The lowest BCUT2D eigenvalue weighted by Gasteiger charge is -2.09. The van der Waals surface area contributed by atoms with Crippen LogP contribution in [0.2, 0.25) is 0 Å². The Morgan fingerprint density at radius 2 is 1.70 bits per heavy atom. The number of ether oxygens (including phenoxy) is 3. The van der Waals surface area contributed by atoms with Gasteiger partial charge in [0.25, 0.3) is 17.3 Å². The maximum atomic E-state index is 13.0. The Kier molecular flexibility index (Phi) is 6.67. The average Bonchev–Trinajstić information content (AvgIpc) is 3.13. The van der Waals surface area contributed by atoms with Crippen LogP contribution in [0.4, 0.5) is 11.4 Å². The first kappa shape index (κ1) is 23.3. The number of hydrogen-bond donors (Lipinski definition) is 0. The summed E-state index contributed by atoms with van der Waals surface area (Å²) in [6, 6.07) is 6.10. The van der Waals surface area contributed by atoms with Crippen molar-refractivity contribution in [2.24, 2.45) is 4.99 Å². The monoisotopic (exact) mass is 476 g/mol. The number of hydrogen-bond acceptors (Lipinski definition) is 10. The Balaban J connectivity index is 2.24. The largest absolute Gasteiger partial charge is 0.493 e. The van der Waals surface area contributed by atoms with Crippen LogP contribution >= 0.6 is 11.3 Å². The molecular weight excluding hydrogens is 460 g/mol. The van der Waals surface area contributed by atoms with Crippen LogP contribution in [0.3, 0.4) is 0 Å². The number of non-ortho nitro benzene ring substituents is 1. The highest BCUT2D eigenvalue weighted by atomic mass is 32.1. The molecule has 0 spiro atoms. The maximum absolute atomic E-state index is 13.0. The van der Waals surface area contributed by atoms with Crippen LogP contribution in [0.1, 0.15) is 10.4 Å². The standard InChI is InChI=1S/C19H16N4O9S/c1-30-14-7-11(13(23(28)29)8-15(14)31-2)18(25)20-19-21(9-17(24)32-3)12-5-4-10(22(26)27)6-16(12)33-19/h4-8H,9H2,1-3H3. The molecule has 0 saturated heterocycles. The van der Waals surface area contributed by atoms with E-state index in [2.05, 4.69) is 9.73 Å². The Labute approximate surface area is 188 Å². The van der Waals surface area contributed by atoms with Gasteiger partial charge in [0, 0.05) is 18.2 Å². The van der Waals surface area contributed by atoms with Crippen molar-refractivity contribution in [2.75, 3.05) is 21.3 Å². The number of carbonyl (C=O) groups is 2. The second kappa shape index (κ2) is 9.44. The zero-order valence-corrected chi connectivity index (χ0v) is 18.3. The topological polar surface area (TPSA) is 165 Å². The van der Waals surface area contributed by atoms with Crippen molar-refractivity contribution in [3.05, 3.63) is 60.9 Å². The minimum atomic E-state index is -0.984. The molecular formula is C19H16N4O9S. The molecule has 0 bridgehead atoms. The number of amides is 1. The SMILES string of the molecule is COC(=O)Cn1c(=NC(=O)c2cc(OC)c(OC)cc2[N+](=O)[O-])sc2cc([N+](=O)[O-])ccc21. The summed E-state index contributed by atoms with van der Waals surface area (Å²) in [5.41, 5.74) is -0.727. The predicted octanol–water partition coefficient (Wildman–Crippen LogP) is 2.45. The zero-order chi connectivity index (χ0) is 24.3. The first-order valence-electron chi connectivity index (χ1n) is 9.04. The minimum Gasteiger partial charge on any atom is -0.493 e. The van der Waals surface area contributed by atoms with Gasteiger partial charge >= 0.3 is 5.97 Å². The van der Waals surface area contributed by atoms with E-state index in [4.69, 9.17) is 9.47 Å². The van der Waals surface area contributed by atoms with Crippen LogP contribution < -0.4 is 14.3 Å². The van der Waals surface area contributed by atoms with Crippen molar-refractivity contribution in [3.63, 3.8) is 0 Å². The fourth-order valence-corrected chi connectivity index (χ4v) is 4.01. The molecule has 1 aromatic heterocycles. The Bertz CT molecular complexity index is 1360. The number of nitro groups is 2. The summed E-state index contributed by atoms with van der Waals surface area (Å²) in [6.45, 7) is -0.339. The average molecular weight is 476 g/mol. The summed E-state index contributed by atoms with van der Waals surface area (Å²) in [5, 5.41) is 22.6. The van der Waals surface area contributed by atoms with Crippen LogP contribution in [0, 0.1) is 20.2 Å². The molecule has 0 aliphatic rings. The molecule has 0 aliphatic carbocycles. The van der Waals surface area contributed by atoms with E-state index in [0.717, 1.165) is 23.5 Å². The van der Waals surface area contributed by atoms with Gasteiger partial charge in [-0.3, -0.25) is 29.8 Å². The van der Waals surface area contributed by atoms with Gasteiger partial charge in [-0.1, -0.05) is 11.3 Å². The first-order valence-corrected chi connectivity index (χ1v) is 9.85. The molecule has 1 amide bonds. The first-order chi connectivity index (χ1) is 15.7. The molecule has 3 aromatic rings. The molecule has 0 unspecified atom stereocenters. The van der Waals surface area contributed by atoms with Gasteiger partial charge in [0.05, 0.1) is 47.5 Å². The van der Waals surface area contributed by atoms with E-state index in [1.165, 1.54) is 44.1 Å². The molecule has 0 radical (unpaired) electrons. The van der Waals surface area contributed by atoms with Crippen molar-refractivity contribution in [2.45, 2.75) is 6.54 Å². The van der Waals surface area contributed by atoms with Gasteiger partial charge in [0.15, 0.2) is 16.3 Å². The van der Waals surface area contributed by atoms with Crippen LogP contribution in [-0.4, -0.2) is 47.6 Å². The molecule has 2 aromatic carbocycles. The molecule has 0 N–H and O–H groups in total. The highest BCUT2D eigenvalue weighted by Crippen LogP contribution is 2.35.